The van der Waals surface area contributed by atoms with Gasteiger partial charge in [-0.15, -0.1) is 0 Å². The molecular weight excluding hydrogens is 323 g/mol. The largest absolute Gasteiger partial charge is 0.497 e. The number of nitrogens with zero attached hydrogens (tertiary/aromatic N) is 2. The molecule has 3 rings (SSSR count). The highest BCUT2D eigenvalue weighted by Crippen LogP contribution is 2.19. The third kappa shape index (κ3) is 5.03. The highest BCUT2D eigenvalue weighted by molar-refractivity contribution is 5.35. The summed E-state index contributed by atoms with van der Waals surface area (Å²) in [6.45, 7) is 0.276. The summed E-state index contributed by atoms with van der Waals surface area (Å²) in [5.41, 5.74) is 6.92. The zero-order valence-electron chi connectivity index (χ0n) is 14.3. The molecule has 0 amide bonds. The maximum atomic E-state index is 13.9. The van der Waals surface area contributed by atoms with Crippen LogP contribution in [-0.4, -0.2) is 23.1 Å². The lowest BCUT2D eigenvalue weighted by Gasteiger charge is -2.23. The first-order valence-corrected chi connectivity index (χ1v) is 8.54. The Morgan fingerprint density at radius 1 is 1.24 bits per heavy atom. The van der Waals surface area contributed by atoms with Crippen LogP contribution in [-0.2, 0) is 6.61 Å². The Bertz CT molecular complexity index is 693. The van der Waals surface area contributed by atoms with Crippen molar-refractivity contribution >= 4 is 5.82 Å². The monoisotopic (exact) mass is 346 g/mol. The molecular formula is C18H23FN4O2. The lowest BCUT2D eigenvalue weighted by Crippen LogP contribution is -2.36. The average molecular weight is 346 g/mol. The van der Waals surface area contributed by atoms with E-state index in [0.29, 0.717) is 6.04 Å². The molecule has 6 nitrogen and oxygen atoms in total. The smallest absolute Gasteiger partial charge is 0.318 e. The van der Waals surface area contributed by atoms with Crippen LogP contribution in [0, 0.1) is 5.82 Å². The summed E-state index contributed by atoms with van der Waals surface area (Å²) in [5, 5.41) is 0. The van der Waals surface area contributed by atoms with E-state index in [2.05, 4.69) is 20.8 Å². The summed E-state index contributed by atoms with van der Waals surface area (Å²) < 4.78 is 24.6. The summed E-state index contributed by atoms with van der Waals surface area (Å²) >= 11 is 0. The van der Waals surface area contributed by atoms with Crippen LogP contribution >= 0.6 is 0 Å². The van der Waals surface area contributed by atoms with Crippen molar-refractivity contribution in [1.82, 2.24) is 15.4 Å². The van der Waals surface area contributed by atoms with Crippen LogP contribution in [0.1, 0.15) is 37.7 Å². The second-order valence-corrected chi connectivity index (χ2v) is 6.09. The molecule has 0 aliphatic heterocycles. The number of rotatable bonds is 7. The van der Waals surface area contributed by atoms with Crippen molar-refractivity contribution in [1.29, 1.82) is 0 Å². The minimum atomic E-state index is -0.517. The Balaban J connectivity index is 1.58. The number of ether oxygens (including phenoxy) is 2. The molecule has 0 bridgehead atoms. The van der Waals surface area contributed by atoms with Gasteiger partial charge in [-0.2, -0.15) is 4.98 Å². The van der Waals surface area contributed by atoms with Crippen molar-refractivity contribution < 1.29 is 13.9 Å². The van der Waals surface area contributed by atoms with Crippen molar-refractivity contribution in [3.8, 4) is 11.8 Å². The van der Waals surface area contributed by atoms with E-state index < -0.39 is 5.82 Å². The SMILES string of the molecule is COc1cccc(COc2ncc(F)c(NNC3CCCCC3)n2)c1. The van der Waals surface area contributed by atoms with E-state index in [4.69, 9.17) is 9.47 Å². The van der Waals surface area contributed by atoms with Crippen LogP contribution < -0.4 is 20.3 Å². The molecule has 1 heterocycles. The summed E-state index contributed by atoms with van der Waals surface area (Å²) in [6, 6.07) is 7.98. The lowest BCUT2D eigenvalue weighted by atomic mass is 9.96. The number of benzene rings is 1. The summed E-state index contributed by atoms with van der Waals surface area (Å²) in [5.74, 6) is 0.332. The Labute approximate surface area is 146 Å². The van der Waals surface area contributed by atoms with E-state index in [1.54, 1.807) is 7.11 Å². The Morgan fingerprint density at radius 2 is 2.08 bits per heavy atom. The van der Waals surface area contributed by atoms with Gasteiger partial charge in [-0.1, -0.05) is 31.4 Å². The zero-order valence-corrected chi connectivity index (χ0v) is 14.3. The van der Waals surface area contributed by atoms with E-state index in [9.17, 15) is 4.39 Å². The highest BCUT2D eigenvalue weighted by Gasteiger charge is 2.14. The van der Waals surface area contributed by atoms with Gasteiger partial charge in [0.15, 0.2) is 11.6 Å². The van der Waals surface area contributed by atoms with Gasteiger partial charge < -0.3 is 14.9 Å². The lowest BCUT2D eigenvalue weighted by molar-refractivity contribution is 0.279. The van der Waals surface area contributed by atoms with Gasteiger partial charge in [0.25, 0.3) is 0 Å². The molecule has 7 heteroatoms. The van der Waals surface area contributed by atoms with Crippen LogP contribution in [0.5, 0.6) is 11.8 Å². The molecule has 1 aliphatic carbocycles. The van der Waals surface area contributed by atoms with Crippen molar-refractivity contribution in [3.63, 3.8) is 0 Å². The van der Waals surface area contributed by atoms with Gasteiger partial charge in [-0.25, -0.2) is 14.8 Å². The molecule has 2 aromatic rings. The molecule has 2 N–H and O–H groups in total. The zero-order chi connectivity index (χ0) is 17.5. The first kappa shape index (κ1) is 17.4. The molecule has 1 aliphatic rings. The summed E-state index contributed by atoms with van der Waals surface area (Å²) in [4.78, 5) is 7.99. The molecule has 1 fully saturated rings. The number of hydrazine groups is 1. The predicted octanol–water partition coefficient (Wildman–Crippen LogP) is 3.45. The fourth-order valence-electron chi connectivity index (χ4n) is 2.84. The Morgan fingerprint density at radius 3 is 2.88 bits per heavy atom. The van der Waals surface area contributed by atoms with Crippen LogP contribution in [0.4, 0.5) is 10.2 Å². The first-order valence-electron chi connectivity index (χ1n) is 8.54. The first-order chi connectivity index (χ1) is 12.2. The standard InChI is InChI=1S/C18H23FN4O2/c1-24-15-9-5-6-13(10-15)12-25-18-20-11-16(19)17(21-18)23-22-14-7-3-2-4-8-14/h5-6,9-11,14,22H,2-4,7-8,12H2,1H3,(H,20,21,23). The Kier molecular flexibility index (Phi) is 6.00. The maximum Gasteiger partial charge on any atom is 0.318 e. The van der Waals surface area contributed by atoms with Gasteiger partial charge in [0.05, 0.1) is 13.3 Å². The van der Waals surface area contributed by atoms with Crippen molar-refractivity contribution in [3.05, 3.63) is 41.8 Å². The van der Waals surface area contributed by atoms with Crippen molar-refractivity contribution in [2.24, 2.45) is 0 Å². The van der Waals surface area contributed by atoms with E-state index >= 15 is 0 Å². The fourth-order valence-corrected chi connectivity index (χ4v) is 2.84. The number of aromatic nitrogens is 2. The number of anilines is 1. The molecule has 1 aromatic heterocycles. The van der Waals surface area contributed by atoms with Crippen LogP contribution in [0.25, 0.3) is 0 Å². The summed E-state index contributed by atoms with van der Waals surface area (Å²) in [7, 11) is 1.61. The number of methoxy groups -OCH3 is 1. The fraction of sp³-hybridized carbons (Fsp3) is 0.444. The molecule has 0 radical (unpaired) electrons. The number of hydrogen-bond acceptors (Lipinski definition) is 6. The quantitative estimate of drug-likeness (QED) is 0.749. The van der Waals surface area contributed by atoms with Gasteiger partial charge >= 0.3 is 6.01 Å². The highest BCUT2D eigenvalue weighted by atomic mass is 19.1. The van der Waals surface area contributed by atoms with Crippen LogP contribution in [0.15, 0.2) is 30.5 Å². The van der Waals surface area contributed by atoms with Gasteiger partial charge in [-0.3, -0.25) is 0 Å². The molecule has 134 valence electrons. The number of hydrogen-bond donors (Lipinski definition) is 2. The second kappa shape index (κ2) is 8.62. The molecule has 0 unspecified atom stereocenters. The average Bonchev–Trinajstić information content (AvgIpc) is 2.67. The third-order valence-corrected chi connectivity index (χ3v) is 4.22. The van der Waals surface area contributed by atoms with Gasteiger partial charge in [0.2, 0.25) is 0 Å². The molecule has 0 atom stereocenters. The van der Waals surface area contributed by atoms with Gasteiger partial charge in [-0.05, 0) is 30.5 Å². The molecule has 1 aromatic carbocycles. The second-order valence-electron chi connectivity index (χ2n) is 6.09. The predicted molar refractivity (Wildman–Crippen MR) is 92.9 cm³/mol. The van der Waals surface area contributed by atoms with E-state index in [1.807, 2.05) is 24.3 Å². The van der Waals surface area contributed by atoms with E-state index in [1.165, 1.54) is 19.3 Å². The van der Waals surface area contributed by atoms with Crippen LogP contribution in [0.2, 0.25) is 0 Å². The minimum absolute atomic E-state index is 0.0983. The number of halogens is 1. The van der Waals surface area contributed by atoms with Gasteiger partial charge in [0, 0.05) is 6.04 Å². The molecule has 0 saturated heterocycles. The molecule has 25 heavy (non-hydrogen) atoms. The third-order valence-electron chi connectivity index (χ3n) is 4.22. The van der Waals surface area contributed by atoms with Crippen molar-refractivity contribution in [2.75, 3.05) is 12.5 Å². The van der Waals surface area contributed by atoms with Gasteiger partial charge in [0.1, 0.15) is 12.4 Å². The van der Waals surface area contributed by atoms with E-state index in [0.717, 1.165) is 30.4 Å². The summed E-state index contributed by atoms with van der Waals surface area (Å²) in [6.07, 6.45) is 6.93. The topological polar surface area (TPSA) is 68.3 Å². The molecule has 0 spiro atoms. The number of nitrogens with one attached hydrogen (secondary N) is 2. The normalized spacial score (nSPS) is 15.0. The minimum Gasteiger partial charge on any atom is -0.497 e. The maximum absolute atomic E-state index is 13.9. The van der Waals surface area contributed by atoms with Crippen molar-refractivity contribution in [2.45, 2.75) is 44.8 Å². The van der Waals surface area contributed by atoms with Crippen LogP contribution in [0.3, 0.4) is 0 Å². The molecule has 1 saturated carbocycles. The Hall–Kier alpha value is -2.41. The van der Waals surface area contributed by atoms with E-state index in [-0.39, 0.29) is 18.4 Å².